The summed E-state index contributed by atoms with van der Waals surface area (Å²) in [6.45, 7) is 9.61. The van der Waals surface area contributed by atoms with Gasteiger partial charge >= 0.3 is 0 Å². The molecule has 0 spiro atoms. The molecule has 0 fully saturated rings. The minimum Gasteiger partial charge on any atom is -0.322 e. The SMILES string of the molecule is C=CC(=O)Nc1cc(/C(C)=C\CC)ccc1C. The zero-order chi connectivity index (χ0) is 12.8. The molecule has 2 heteroatoms. The maximum absolute atomic E-state index is 11.3. The van der Waals surface area contributed by atoms with Crippen LogP contribution < -0.4 is 5.32 Å². The molecular formula is C15H19NO. The minimum absolute atomic E-state index is 0.178. The number of carbonyl (C=O) groups is 1. The molecule has 1 aromatic carbocycles. The summed E-state index contributed by atoms with van der Waals surface area (Å²) >= 11 is 0. The summed E-state index contributed by atoms with van der Waals surface area (Å²) in [5.41, 5.74) is 4.25. The van der Waals surface area contributed by atoms with E-state index in [4.69, 9.17) is 0 Å². The quantitative estimate of drug-likeness (QED) is 0.779. The molecule has 17 heavy (non-hydrogen) atoms. The average Bonchev–Trinajstić information content (AvgIpc) is 2.32. The highest BCUT2D eigenvalue weighted by Gasteiger charge is 2.03. The monoisotopic (exact) mass is 229 g/mol. The number of hydrogen-bond acceptors (Lipinski definition) is 1. The normalized spacial score (nSPS) is 11.1. The smallest absolute Gasteiger partial charge is 0.247 e. The van der Waals surface area contributed by atoms with Crippen LogP contribution in [0.3, 0.4) is 0 Å². The van der Waals surface area contributed by atoms with Crippen molar-refractivity contribution in [2.24, 2.45) is 0 Å². The predicted octanol–water partition coefficient (Wildman–Crippen LogP) is 3.93. The van der Waals surface area contributed by atoms with Crippen LogP contribution in [0.4, 0.5) is 5.69 Å². The minimum atomic E-state index is -0.178. The molecule has 1 amide bonds. The van der Waals surface area contributed by atoms with Gasteiger partial charge in [0.2, 0.25) is 5.91 Å². The molecule has 1 N–H and O–H groups in total. The van der Waals surface area contributed by atoms with Crippen LogP contribution in [0.2, 0.25) is 0 Å². The Hall–Kier alpha value is -1.83. The van der Waals surface area contributed by atoms with Crippen LogP contribution in [0, 0.1) is 6.92 Å². The predicted molar refractivity (Wildman–Crippen MR) is 73.9 cm³/mol. The van der Waals surface area contributed by atoms with E-state index in [9.17, 15) is 4.79 Å². The van der Waals surface area contributed by atoms with E-state index in [1.54, 1.807) is 0 Å². The lowest BCUT2D eigenvalue weighted by molar-refractivity contribution is -0.111. The summed E-state index contributed by atoms with van der Waals surface area (Å²) in [5.74, 6) is -0.178. The highest BCUT2D eigenvalue weighted by Crippen LogP contribution is 2.22. The van der Waals surface area contributed by atoms with Crippen molar-refractivity contribution in [3.8, 4) is 0 Å². The first-order valence-electron chi connectivity index (χ1n) is 5.79. The Balaban J connectivity index is 3.06. The Bertz CT molecular complexity index is 458. The molecule has 0 saturated carbocycles. The number of nitrogens with one attached hydrogen (secondary N) is 1. The third-order valence-corrected chi connectivity index (χ3v) is 2.65. The topological polar surface area (TPSA) is 29.1 Å². The molecule has 0 unspecified atom stereocenters. The van der Waals surface area contributed by atoms with Crippen molar-refractivity contribution >= 4 is 17.2 Å². The summed E-state index contributed by atoms with van der Waals surface area (Å²) in [7, 11) is 0. The van der Waals surface area contributed by atoms with E-state index in [1.807, 2.05) is 19.1 Å². The molecule has 0 aliphatic carbocycles. The number of carbonyl (C=O) groups excluding carboxylic acids is 1. The zero-order valence-electron chi connectivity index (χ0n) is 10.7. The summed E-state index contributed by atoms with van der Waals surface area (Å²) in [6.07, 6.45) is 4.46. The number of allylic oxidation sites excluding steroid dienone is 2. The lowest BCUT2D eigenvalue weighted by atomic mass is 10.0. The van der Waals surface area contributed by atoms with E-state index in [-0.39, 0.29) is 5.91 Å². The van der Waals surface area contributed by atoms with Crippen LogP contribution >= 0.6 is 0 Å². The molecule has 0 heterocycles. The maximum atomic E-state index is 11.3. The molecule has 1 aromatic rings. The lowest BCUT2D eigenvalue weighted by Gasteiger charge is -2.09. The van der Waals surface area contributed by atoms with Gasteiger partial charge in [-0.25, -0.2) is 0 Å². The molecule has 0 aromatic heterocycles. The van der Waals surface area contributed by atoms with E-state index in [0.29, 0.717) is 0 Å². The van der Waals surface area contributed by atoms with Gasteiger partial charge in [0.1, 0.15) is 0 Å². The van der Waals surface area contributed by atoms with Crippen LogP contribution in [0.25, 0.3) is 5.57 Å². The molecule has 1 rings (SSSR count). The van der Waals surface area contributed by atoms with Crippen molar-refractivity contribution in [3.05, 3.63) is 48.1 Å². The van der Waals surface area contributed by atoms with Gasteiger partial charge in [-0.2, -0.15) is 0 Å². The molecule has 90 valence electrons. The van der Waals surface area contributed by atoms with Crippen LogP contribution in [0.1, 0.15) is 31.4 Å². The third-order valence-electron chi connectivity index (χ3n) is 2.65. The number of hydrogen-bond donors (Lipinski definition) is 1. The van der Waals surface area contributed by atoms with Crippen molar-refractivity contribution in [2.45, 2.75) is 27.2 Å². The average molecular weight is 229 g/mol. The van der Waals surface area contributed by atoms with Gasteiger partial charge in [-0.05, 0) is 49.1 Å². The fourth-order valence-corrected chi connectivity index (χ4v) is 1.61. The van der Waals surface area contributed by atoms with Crippen molar-refractivity contribution in [1.82, 2.24) is 0 Å². The second-order valence-electron chi connectivity index (χ2n) is 4.02. The zero-order valence-corrected chi connectivity index (χ0v) is 10.7. The van der Waals surface area contributed by atoms with E-state index in [1.165, 1.54) is 11.6 Å². The Kier molecular flexibility index (Phi) is 4.70. The summed E-state index contributed by atoms with van der Waals surface area (Å²) in [5, 5.41) is 2.81. The first-order valence-corrected chi connectivity index (χ1v) is 5.79. The van der Waals surface area contributed by atoms with Crippen molar-refractivity contribution < 1.29 is 4.79 Å². The molecule has 0 saturated heterocycles. The van der Waals surface area contributed by atoms with Crippen LogP contribution in [0.5, 0.6) is 0 Å². The summed E-state index contributed by atoms with van der Waals surface area (Å²) < 4.78 is 0. The number of aryl methyl sites for hydroxylation is 1. The van der Waals surface area contributed by atoms with Gasteiger partial charge in [0.05, 0.1) is 0 Å². The number of amides is 1. The second kappa shape index (κ2) is 6.04. The Labute approximate surface area is 103 Å². The Morgan fingerprint density at radius 3 is 2.76 bits per heavy atom. The van der Waals surface area contributed by atoms with Gasteiger partial charge in [-0.3, -0.25) is 4.79 Å². The molecule has 0 bridgehead atoms. The summed E-state index contributed by atoms with van der Waals surface area (Å²) in [6, 6.07) is 6.08. The van der Waals surface area contributed by atoms with Crippen molar-refractivity contribution in [2.75, 3.05) is 5.32 Å². The largest absolute Gasteiger partial charge is 0.322 e. The van der Waals surface area contributed by atoms with E-state index >= 15 is 0 Å². The Morgan fingerprint density at radius 2 is 2.18 bits per heavy atom. The fourth-order valence-electron chi connectivity index (χ4n) is 1.61. The van der Waals surface area contributed by atoms with Crippen LogP contribution in [-0.2, 0) is 4.79 Å². The van der Waals surface area contributed by atoms with Gasteiger partial charge in [-0.15, -0.1) is 0 Å². The second-order valence-corrected chi connectivity index (χ2v) is 4.02. The molecule has 0 atom stereocenters. The van der Waals surface area contributed by atoms with Gasteiger partial charge in [0, 0.05) is 5.69 Å². The molecule has 0 radical (unpaired) electrons. The van der Waals surface area contributed by atoms with Crippen molar-refractivity contribution in [1.29, 1.82) is 0 Å². The molecule has 0 aliphatic heterocycles. The molecule has 0 aliphatic rings. The van der Waals surface area contributed by atoms with E-state index in [2.05, 4.69) is 37.9 Å². The van der Waals surface area contributed by atoms with E-state index in [0.717, 1.165) is 23.2 Å². The van der Waals surface area contributed by atoms with E-state index < -0.39 is 0 Å². The fraction of sp³-hybridized carbons (Fsp3) is 0.267. The van der Waals surface area contributed by atoms with Gasteiger partial charge in [0.25, 0.3) is 0 Å². The Morgan fingerprint density at radius 1 is 1.47 bits per heavy atom. The third kappa shape index (κ3) is 3.59. The van der Waals surface area contributed by atoms with Gasteiger partial charge in [0.15, 0.2) is 0 Å². The molecule has 2 nitrogen and oxygen atoms in total. The number of anilines is 1. The highest BCUT2D eigenvalue weighted by atomic mass is 16.1. The number of benzene rings is 1. The van der Waals surface area contributed by atoms with Crippen LogP contribution in [0.15, 0.2) is 36.9 Å². The maximum Gasteiger partial charge on any atom is 0.247 e. The summed E-state index contributed by atoms with van der Waals surface area (Å²) in [4.78, 5) is 11.3. The van der Waals surface area contributed by atoms with Crippen molar-refractivity contribution in [3.63, 3.8) is 0 Å². The highest BCUT2D eigenvalue weighted by molar-refractivity contribution is 5.99. The molecular weight excluding hydrogens is 210 g/mol. The standard InChI is InChI=1S/C15H19NO/c1-5-7-11(3)13-9-8-12(4)14(10-13)16-15(17)6-2/h6-10H,2,5H2,1,3-4H3,(H,16,17)/b11-7-. The van der Waals surface area contributed by atoms with Gasteiger partial charge in [-0.1, -0.05) is 31.7 Å². The number of rotatable bonds is 4. The van der Waals surface area contributed by atoms with Crippen LogP contribution in [-0.4, -0.2) is 5.91 Å². The first kappa shape index (κ1) is 13.2. The van der Waals surface area contributed by atoms with Gasteiger partial charge < -0.3 is 5.32 Å². The first-order chi connectivity index (χ1) is 8.08. The lowest BCUT2D eigenvalue weighted by Crippen LogP contribution is -2.08.